The number of aryl methyl sites for hydroxylation is 2. The van der Waals surface area contributed by atoms with E-state index in [2.05, 4.69) is 75.4 Å². The third-order valence-corrected chi connectivity index (χ3v) is 3.94. The Balaban J connectivity index is 2.04. The van der Waals surface area contributed by atoms with Gasteiger partial charge in [0.25, 0.3) is 0 Å². The van der Waals surface area contributed by atoms with E-state index in [1.165, 1.54) is 41.5 Å². The average Bonchev–Trinajstić information content (AvgIpc) is 2.59. The van der Waals surface area contributed by atoms with Crippen LogP contribution in [0.1, 0.15) is 55.4 Å². The van der Waals surface area contributed by atoms with Gasteiger partial charge in [-0.25, -0.2) is 0 Å². The first-order valence-corrected chi connectivity index (χ1v) is 8.73. The summed E-state index contributed by atoms with van der Waals surface area (Å²) in [7, 11) is 0. The molecule has 0 aliphatic carbocycles. The van der Waals surface area contributed by atoms with Crippen LogP contribution in [0, 0.1) is 6.92 Å². The first kappa shape index (κ1) is 17.3. The summed E-state index contributed by atoms with van der Waals surface area (Å²) >= 11 is 0. The van der Waals surface area contributed by atoms with Crippen molar-refractivity contribution >= 4 is 12.2 Å². The van der Waals surface area contributed by atoms with Crippen LogP contribution < -0.4 is 4.74 Å². The van der Waals surface area contributed by atoms with Crippen molar-refractivity contribution in [2.45, 2.75) is 46.5 Å². The van der Waals surface area contributed by atoms with Gasteiger partial charge in [0, 0.05) is 0 Å². The lowest BCUT2D eigenvalue weighted by Crippen LogP contribution is -1.97. The van der Waals surface area contributed by atoms with Crippen LogP contribution in [0.4, 0.5) is 0 Å². The Morgan fingerprint density at radius 1 is 0.870 bits per heavy atom. The Labute approximate surface area is 141 Å². The van der Waals surface area contributed by atoms with Crippen molar-refractivity contribution in [1.29, 1.82) is 0 Å². The fourth-order valence-electron chi connectivity index (χ4n) is 2.46. The maximum Gasteiger partial charge on any atom is 0.122 e. The lowest BCUT2D eigenvalue weighted by molar-refractivity contribution is 0.315. The van der Waals surface area contributed by atoms with Crippen LogP contribution in [0.2, 0.25) is 0 Å². The molecule has 2 rings (SSSR count). The molecule has 0 N–H and O–H groups in total. The van der Waals surface area contributed by atoms with E-state index < -0.39 is 0 Å². The van der Waals surface area contributed by atoms with E-state index in [4.69, 9.17) is 4.74 Å². The summed E-state index contributed by atoms with van der Waals surface area (Å²) in [5.74, 6) is 0.990. The van der Waals surface area contributed by atoms with E-state index in [0.717, 1.165) is 18.8 Å². The maximum absolute atomic E-state index is 5.80. The molecular formula is C22H28O. The molecule has 0 aliphatic rings. The molecule has 1 heteroatoms. The summed E-state index contributed by atoms with van der Waals surface area (Å²) in [6, 6.07) is 15.3. The minimum atomic E-state index is 0.771. The monoisotopic (exact) mass is 308 g/mol. The molecule has 23 heavy (non-hydrogen) atoms. The Kier molecular flexibility index (Phi) is 6.93. The second-order valence-electron chi connectivity index (χ2n) is 6.05. The predicted octanol–water partition coefficient (Wildman–Crippen LogP) is 6.30. The molecule has 0 bridgehead atoms. The van der Waals surface area contributed by atoms with Crippen molar-refractivity contribution in [3.05, 3.63) is 64.7 Å². The van der Waals surface area contributed by atoms with Crippen LogP contribution in [-0.2, 0) is 6.42 Å². The van der Waals surface area contributed by atoms with Gasteiger partial charge in [-0.1, -0.05) is 68.8 Å². The molecule has 2 aromatic rings. The Bertz CT molecular complexity index is 623. The van der Waals surface area contributed by atoms with Crippen LogP contribution >= 0.6 is 0 Å². The largest absolute Gasteiger partial charge is 0.493 e. The van der Waals surface area contributed by atoms with Gasteiger partial charge < -0.3 is 4.74 Å². The topological polar surface area (TPSA) is 9.23 Å². The highest BCUT2D eigenvalue weighted by molar-refractivity contribution is 5.70. The first-order chi connectivity index (χ1) is 11.2. The molecule has 0 aliphatic heterocycles. The average molecular weight is 308 g/mol. The van der Waals surface area contributed by atoms with Crippen LogP contribution in [-0.4, -0.2) is 6.61 Å². The number of ether oxygens (including phenoxy) is 1. The van der Waals surface area contributed by atoms with Crippen LogP contribution in [0.5, 0.6) is 5.75 Å². The Morgan fingerprint density at radius 3 is 2.26 bits per heavy atom. The fraction of sp³-hybridized carbons (Fsp3) is 0.364. The van der Waals surface area contributed by atoms with Crippen molar-refractivity contribution in [2.75, 3.05) is 6.61 Å². The highest BCUT2D eigenvalue weighted by Crippen LogP contribution is 2.21. The zero-order valence-electron chi connectivity index (χ0n) is 14.6. The minimum absolute atomic E-state index is 0.771. The van der Waals surface area contributed by atoms with Gasteiger partial charge in [0.1, 0.15) is 5.75 Å². The van der Waals surface area contributed by atoms with Gasteiger partial charge in [0.15, 0.2) is 0 Å². The standard InChI is InChI=1S/C22H28O/c1-4-6-7-19-10-12-20(13-11-19)14-15-21-9-8-18(3)22(17-21)23-16-5-2/h8-15,17H,4-7,16H2,1-3H3/b15-14+. The number of hydrogen-bond donors (Lipinski definition) is 0. The van der Waals surface area contributed by atoms with Gasteiger partial charge in [0.2, 0.25) is 0 Å². The smallest absolute Gasteiger partial charge is 0.122 e. The molecule has 0 spiro atoms. The first-order valence-electron chi connectivity index (χ1n) is 8.73. The van der Waals surface area contributed by atoms with Crippen LogP contribution in [0.15, 0.2) is 42.5 Å². The molecule has 122 valence electrons. The number of unbranched alkanes of at least 4 members (excludes halogenated alkanes) is 1. The second-order valence-corrected chi connectivity index (χ2v) is 6.05. The van der Waals surface area contributed by atoms with Gasteiger partial charge in [-0.2, -0.15) is 0 Å². The zero-order chi connectivity index (χ0) is 16.5. The van der Waals surface area contributed by atoms with Gasteiger partial charge in [-0.15, -0.1) is 0 Å². The molecule has 0 aromatic heterocycles. The molecule has 0 amide bonds. The van der Waals surface area contributed by atoms with Crippen LogP contribution in [0.3, 0.4) is 0 Å². The summed E-state index contributed by atoms with van der Waals surface area (Å²) in [6.07, 6.45) is 9.04. The normalized spacial score (nSPS) is 11.1. The predicted molar refractivity (Wildman–Crippen MR) is 101 cm³/mol. The molecule has 1 nitrogen and oxygen atoms in total. The third-order valence-electron chi connectivity index (χ3n) is 3.94. The van der Waals surface area contributed by atoms with Crippen molar-refractivity contribution in [2.24, 2.45) is 0 Å². The summed E-state index contributed by atoms with van der Waals surface area (Å²) in [6.45, 7) is 7.22. The van der Waals surface area contributed by atoms with E-state index in [1.807, 2.05) is 0 Å². The van der Waals surface area contributed by atoms with Gasteiger partial charge >= 0.3 is 0 Å². The van der Waals surface area contributed by atoms with E-state index in [1.54, 1.807) is 0 Å². The fourth-order valence-corrected chi connectivity index (χ4v) is 2.46. The van der Waals surface area contributed by atoms with E-state index in [0.29, 0.717) is 0 Å². The molecular weight excluding hydrogens is 280 g/mol. The van der Waals surface area contributed by atoms with E-state index in [-0.39, 0.29) is 0 Å². The van der Waals surface area contributed by atoms with E-state index >= 15 is 0 Å². The molecule has 0 unspecified atom stereocenters. The second kappa shape index (κ2) is 9.19. The molecule has 0 atom stereocenters. The number of rotatable bonds is 8. The lowest BCUT2D eigenvalue weighted by atomic mass is 10.1. The minimum Gasteiger partial charge on any atom is -0.493 e. The summed E-state index contributed by atoms with van der Waals surface area (Å²) in [5, 5.41) is 0. The van der Waals surface area contributed by atoms with Crippen LogP contribution in [0.25, 0.3) is 12.2 Å². The Hall–Kier alpha value is -2.02. The quantitative estimate of drug-likeness (QED) is 0.520. The summed E-state index contributed by atoms with van der Waals surface area (Å²) in [5.41, 5.74) is 5.03. The summed E-state index contributed by atoms with van der Waals surface area (Å²) in [4.78, 5) is 0. The third kappa shape index (κ3) is 5.59. The Morgan fingerprint density at radius 2 is 1.57 bits per heavy atom. The zero-order valence-corrected chi connectivity index (χ0v) is 14.6. The van der Waals surface area contributed by atoms with Gasteiger partial charge in [-0.05, 0) is 54.5 Å². The van der Waals surface area contributed by atoms with Gasteiger partial charge in [-0.3, -0.25) is 0 Å². The number of hydrogen-bond acceptors (Lipinski definition) is 1. The lowest BCUT2D eigenvalue weighted by Gasteiger charge is -2.08. The van der Waals surface area contributed by atoms with Gasteiger partial charge in [0.05, 0.1) is 6.61 Å². The molecule has 0 saturated carbocycles. The molecule has 0 heterocycles. The molecule has 0 saturated heterocycles. The molecule has 2 aromatic carbocycles. The number of benzene rings is 2. The van der Waals surface area contributed by atoms with Crippen molar-refractivity contribution in [3.8, 4) is 5.75 Å². The highest BCUT2D eigenvalue weighted by Gasteiger charge is 2.00. The van der Waals surface area contributed by atoms with Crippen molar-refractivity contribution < 1.29 is 4.74 Å². The molecule has 0 radical (unpaired) electrons. The van der Waals surface area contributed by atoms with Crippen molar-refractivity contribution in [1.82, 2.24) is 0 Å². The SMILES string of the molecule is CCCCc1ccc(/C=C/c2ccc(C)c(OCCC)c2)cc1. The highest BCUT2D eigenvalue weighted by atomic mass is 16.5. The molecule has 0 fully saturated rings. The van der Waals surface area contributed by atoms with Crippen molar-refractivity contribution in [3.63, 3.8) is 0 Å². The maximum atomic E-state index is 5.80. The van der Waals surface area contributed by atoms with E-state index in [9.17, 15) is 0 Å². The summed E-state index contributed by atoms with van der Waals surface area (Å²) < 4.78 is 5.80.